The second-order valence-electron chi connectivity index (χ2n) is 4.80. The lowest BCUT2D eigenvalue weighted by Crippen LogP contribution is -2.33. The van der Waals surface area contributed by atoms with E-state index in [4.69, 9.17) is 4.74 Å². The van der Waals surface area contributed by atoms with Gasteiger partial charge in [0.15, 0.2) is 0 Å². The van der Waals surface area contributed by atoms with Crippen molar-refractivity contribution in [2.75, 3.05) is 13.2 Å². The molecule has 0 aliphatic carbocycles. The molecule has 19 heavy (non-hydrogen) atoms. The topological polar surface area (TPSA) is 55.6 Å². The van der Waals surface area contributed by atoms with Crippen LogP contribution < -0.4 is 5.32 Å². The number of rotatable bonds is 3. The van der Waals surface area contributed by atoms with Gasteiger partial charge in [-0.15, -0.1) is 0 Å². The summed E-state index contributed by atoms with van der Waals surface area (Å²) in [6.07, 6.45) is 5.31. The molecule has 5 heteroatoms. The third kappa shape index (κ3) is 2.61. The van der Waals surface area contributed by atoms with Crippen LogP contribution in [0, 0.1) is 5.92 Å². The minimum atomic E-state index is 0.0957. The number of aromatic nitrogens is 2. The second-order valence-corrected chi connectivity index (χ2v) is 4.80. The highest BCUT2D eigenvalue weighted by Gasteiger charge is 2.21. The van der Waals surface area contributed by atoms with Gasteiger partial charge in [-0.25, -0.2) is 4.52 Å². The predicted molar refractivity (Wildman–Crippen MR) is 70.6 cm³/mol. The summed E-state index contributed by atoms with van der Waals surface area (Å²) >= 11 is 0. The molecule has 0 radical (unpaired) electrons. The number of amides is 1. The molecule has 1 saturated heterocycles. The zero-order valence-electron chi connectivity index (χ0n) is 10.7. The van der Waals surface area contributed by atoms with E-state index in [1.807, 2.05) is 28.9 Å². The quantitative estimate of drug-likeness (QED) is 0.906. The van der Waals surface area contributed by atoms with Crippen molar-refractivity contribution in [2.45, 2.75) is 19.4 Å². The van der Waals surface area contributed by atoms with Gasteiger partial charge in [-0.1, -0.05) is 6.07 Å². The zero-order valence-corrected chi connectivity index (χ0v) is 10.7. The average Bonchev–Trinajstić information content (AvgIpc) is 2.94. The van der Waals surface area contributed by atoms with Crippen LogP contribution in [-0.4, -0.2) is 28.7 Å². The Morgan fingerprint density at radius 1 is 1.42 bits per heavy atom. The van der Waals surface area contributed by atoms with E-state index >= 15 is 0 Å². The zero-order chi connectivity index (χ0) is 13.1. The van der Waals surface area contributed by atoms with Crippen LogP contribution in [0.15, 0.2) is 30.6 Å². The maximum absolute atomic E-state index is 12.1. The first-order chi connectivity index (χ1) is 9.34. The average molecular weight is 259 g/mol. The Labute approximate surface area is 111 Å². The molecule has 2 aromatic heterocycles. The number of carbonyl (C=O) groups is 1. The summed E-state index contributed by atoms with van der Waals surface area (Å²) in [5.74, 6) is 0.225. The highest BCUT2D eigenvalue weighted by Crippen LogP contribution is 2.15. The molecule has 0 atom stereocenters. The van der Waals surface area contributed by atoms with E-state index < -0.39 is 0 Å². The van der Waals surface area contributed by atoms with Crippen molar-refractivity contribution in [3.63, 3.8) is 0 Å². The molecule has 1 aliphatic rings. The van der Waals surface area contributed by atoms with Crippen molar-refractivity contribution < 1.29 is 9.53 Å². The fourth-order valence-electron chi connectivity index (χ4n) is 2.45. The van der Waals surface area contributed by atoms with Gasteiger partial charge in [-0.2, -0.15) is 5.10 Å². The summed E-state index contributed by atoms with van der Waals surface area (Å²) in [6, 6.07) is 5.91. The van der Waals surface area contributed by atoms with Crippen molar-refractivity contribution in [3.8, 4) is 0 Å². The fourth-order valence-corrected chi connectivity index (χ4v) is 2.45. The summed E-state index contributed by atoms with van der Waals surface area (Å²) in [6.45, 7) is 1.93. The predicted octanol–water partition coefficient (Wildman–Crippen LogP) is 1.38. The summed E-state index contributed by atoms with van der Waals surface area (Å²) in [4.78, 5) is 12.1. The van der Waals surface area contributed by atoms with Gasteiger partial charge in [0.05, 0.1) is 5.52 Å². The number of hydrogen-bond donors (Lipinski definition) is 1. The van der Waals surface area contributed by atoms with Crippen molar-refractivity contribution in [3.05, 3.63) is 36.2 Å². The molecule has 0 unspecified atom stereocenters. The molecule has 3 heterocycles. The lowest BCUT2D eigenvalue weighted by Gasteiger charge is -2.21. The maximum atomic E-state index is 12.1. The highest BCUT2D eigenvalue weighted by molar-refractivity contribution is 5.79. The number of fused-ring (bicyclic) bond motifs is 1. The van der Waals surface area contributed by atoms with E-state index in [1.165, 1.54) is 0 Å². The molecule has 1 amide bonds. The van der Waals surface area contributed by atoms with Crippen LogP contribution >= 0.6 is 0 Å². The summed E-state index contributed by atoms with van der Waals surface area (Å²) in [5.41, 5.74) is 2.12. The van der Waals surface area contributed by atoms with Gasteiger partial charge in [0.1, 0.15) is 0 Å². The highest BCUT2D eigenvalue weighted by atomic mass is 16.5. The van der Waals surface area contributed by atoms with Gasteiger partial charge in [0, 0.05) is 38.1 Å². The smallest absolute Gasteiger partial charge is 0.223 e. The van der Waals surface area contributed by atoms with Crippen molar-refractivity contribution in [1.82, 2.24) is 14.9 Å². The number of carbonyl (C=O) groups excluding carboxylic acids is 1. The van der Waals surface area contributed by atoms with Crippen LogP contribution in [0.25, 0.3) is 5.52 Å². The molecule has 2 aromatic rings. The molecule has 1 N–H and O–H groups in total. The lowest BCUT2D eigenvalue weighted by atomic mass is 9.99. The molecule has 5 nitrogen and oxygen atoms in total. The molecule has 3 rings (SSSR count). The van der Waals surface area contributed by atoms with Gasteiger partial charge < -0.3 is 10.1 Å². The molecule has 0 bridgehead atoms. The Morgan fingerprint density at radius 2 is 2.26 bits per heavy atom. The van der Waals surface area contributed by atoms with E-state index in [2.05, 4.69) is 10.4 Å². The molecule has 1 fully saturated rings. The van der Waals surface area contributed by atoms with Crippen LogP contribution in [0.2, 0.25) is 0 Å². The van der Waals surface area contributed by atoms with E-state index in [0.717, 1.165) is 23.9 Å². The Morgan fingerprint density at radius 3 is 3.11 bits per heavy atom. The van der Waals surface area contributed by atoms with E-state index in [1.54, 1.807) is 6.20 Å². The first-order valence-electron chi connectivity index (χ1n) is 6.61. The van der Waals surface area contributed by atoms with Crippen LogP contribution in [0.3, 0.4) is 0 Å². The van der Waals surface area contributed by atoms with Crippen LogP contribution in [0.4, 0.5) is 0 Å². The van der Waals surface area contributed by atoms with E-state index in [-0.39, 0.29) is 11.8 Å². The number of hydrogen-bond acceptors (Lipinski definition) is 3. The number of pyridine rings is 1. The largest absolute Gasteiger partial charge is 0.381 e. The third-order valence-corrected chi connectivity index (χ3v) is 3.57. The maximum Gasteiger partial charge on any atom is 0.223 e. The van der Waals surface area contributed by atoms with Gasteiger partial charge >= 0.3 is 0 Å². The molecular weight excluding hydrogens is 242 g/mol. The van der Waals surface area contributed by atoms with Crippen LogP contribution in [0.5, 0.6) is 0 Å². The van der Waals surface area contributed by atoms with Gasteiger partial charge in [0.25, 0.3) is 0 Å². The normalized spacial score (nSPS) is 16.6. The van der Waals surface area contributed by atoms with E-state index in [0.29, 0.717) is 19.8 Å². The Kier molecular flexibility index (Phi) is 3.46. The number of ether oxygens (including phenoxy) is 1. The van der Waals surface area contributed by atoms with Crippen molar-refractivity contribution >= 4 is 11.4 Å². The standard InChI is InChI=1S/C14H17N3O2/c18-14(11-4-8-19-9-5-11)15-10-12-2-1-7-17-13(12)3-6-16-17/h1-3,6-7,11H,4-5,8-10H2,(H,15,18). The molecule has 0 aromatic carbocycles. The molecular formula is C14H17N3O2. The van der Waals surface area contributed by atoms with Gasteiger partial charge in [0.2, 0.25) is 5.91 Å². The SMILES string of the molecule is O=C(NCc1cccn2nccc12)C1CCOCC1. The summed E-state index contributed by atoms with van der Waals surface area (Å²) < 4.78 is 7.08. The van der Waals surface area contributed by atoms with Crippen LogP contribution in [-0.2, 0) is 16.1 Å². The van der Waals surface area contributed by atoms with Gasteiger partial charge in [-0.05, 0) is 30.5 Å². The molecule has 100 valence electrons. The summed E-state index contributed by atoms with van der Waals surface area (Å²) in [5, 5.41) is 7.20. The van der Waals surface area contributed by atoms with E-state index in [9.17, 15) is 4.79 Å². The molecule has 1 aliphatic heterocycles. The Balaban J connectivity index is 1.65. The number of nitrogens with one attached hydrogen (secondary N) is 1. The minimum absolute atomic E-state index is 0.0957. The molecule has 0 spiro atoms. The Hall–Kier alpha value is -1.88. The molecule has 0 saturated carbocycles. The Bertz CT molecular complexity index is 573. The summed E-state index contributed by atoms with van der Waals surface area (Å²) in [7, 11) is 0. The third-order valence-electron chi connectivity index (χ3n) is 3.57. The first-order valence-corrected chi connectivity index (χ1v) is 6.61. The lowest BCUT2D eigenvalue weighted by molar-refractivity contribution is -0.128. The second kappa shape index (κ2) is 5.40. The van der Waals surface area contributed by atoms with Crippen molar-refractivity contribution in [1.29, 1.82) is 0 Å². The fraction of sp³-hybridized carbons (Fsp3) is 0.429. The van der Waals surface area contributed by atoms with Crippen LogP contribution in [0.1, 0.15) is 18.4 Å². The minimum Gasteiger partial charge on any atom is -0.381 e. The van der Waals surface area contributed by atoms with Gasteiger partial charge in [-0.3, -0.25) is 4.79 Å². The monoisotopic (exact) mass is 259 g/mol. The number of nitrogens with zero attached hydrogens (tertiary/aromatic N) is 2. The van der Waals surface area contributed by atoms with Crippen molar-refractivity contribution in [2.24, 2.45) is 5.92 Å². The first kappa shape index (κ1) is 12.2.